The summed E-state index contributed by atoms with van der Waals surface area (Å²) >= 11 is 0. The average molecular weight is 555 g/mol. The van der Waals surface area contributed by atoms with Gasteiger partial charge < -0.3 is 24.8 Å². The predicted octanol–water partition coefficient (Wildman–Crippen LogP) is 3.62. The zero-order chi connectivity index (χ0) is 21.3. The van der Waals surface area contributed by atoms with Crippen LogP contribution in [0.3, 0.4) is 0 Å². The Bertz CT molecular complexity index is 869. The first kappa shape index (κ1) is 24.6. The molecule has 32 heavy (non-hydrogen) atoms. The van der Waals surface area contributed by atoms with E-state index in [0.717, 1.165) is 68.1 Å². The SMILES string of the molecule is Cn1cc(CCNC(=NCCCOCC2CC2)Nc2ccc3c(c2)OCCCO3)cn1.I. The standard InChI is InChI=1S/C23H33N5O3.HI/c1-28-16-19(15-26-28)8-10-25-23(24-9-2-11-29-17-18-4-5-18)27-20-6-7-21-22(14-20)31-13-3-12-30-21;/h6-7,14-16,18H,2-5,8-13,17H2,1H3,(H2,24,25,27);1H. The Morgan fingerprint density at radius 1 is 1.25 bits per heavy atom. The summed E-state index contributed by atoms with van der Waals surface area (Å²) in [5, 5.41) is 11.1. The molecule has 0 spiro atoms. The van der Waals surface area contributed by atoms with Crippen LogP contribution in [0.15, 0.2) is 35.6 Å². The molecule has 9 heteroatoms. The van der Waals surface area contributed by atoms with Gasteiger partial charge in [-0.05, 0) is 49.3 Å². The van der Waals surface area contributed by atoms with Gasteiger partial charge >= 0.3 is 0 Å². The first-order chi connectivity index (χ1) is 15.3. The van der Waals surface area contributed by atoms with Crippen LogP contribution in [0.5, 0.6) is 11.5 Å². The third-order valence-corrected chi connectivity index (χ3v) is 5.24. The number of benzene rings is 1. The second-order valence-corrected chi connectivity index (χ2v) is 8.14. The molecule has 0 amide bonds. The fraction of sp³-hybridized carbons (Fsp3) is 0.565. The molecule has 0 saturated heterocycles. The Labute approximate surface area is 207 Å². The van der Waals surface area contributed by atoms with Gasteiger partial charge in [0.2, 0.25) is 0 Å². The van der Waals surface area contributed by atoms with E-state index in [-0.39, 0.29) is 24.0 Å². The third-order valence-electron chi connectivity index (χ3n) is 5.24. The van der Waals surface area contributed by atoms with E-state index in [1.54, 1.807) is 0 Å². The number of aromatic nitrogens is 2. The van der Waals surface area contributed by atoms with Gasteiger partial charge in [-0.25, -0.2) is 0 Å². The van der Waals surface area contributed by atoms with Crippen molar-refractivity contribution in [2.45, 2.75) is 32.1 Å². The van der Waals surface area contributed by atoms with E-state index in [1.807, 2.05) is 42.3 Å². The van der Waals surface area contributed by atoms with E-state index < -0.39 is 0 Å². The molecular weight excluding hydrogens is 521 g/mol. The lowest BCUT2D eigenvalue weighted by atomic mass is 10.2. The molecular formula is C23H34IN5O3. The number of rotatable bonds is 10. The number of halogens is 1. The van der Waals surface area contributed by atoms with Crippen LogP contribution in [-0.2, 0) is 18.2 Å². The van der Waals surface area contributed by atoms with Gasteiger partial charge in [-0.3, -0.25) is 9.67 Å². The van der Waals surface area contributed by atoms with Crippen LogP contribution in [0.1, 0.15) is 31.2 Å². The monoisotopic (exact) mass is 555 g/mol. The molecule has 0 bridgehead atoms. The first-order valence-corrected chi connectivity index (χ1v) is 11.3. The quantitative estimate of drug-likeness (QED) is 0.202. The molecule has 1 aromatic heterocycles. The van der Waals surface area contributed by atoms with Crippen LogP contribution in [-0.4, -0.2) is 55.3 Å². The highest BCUT2D eigenvalue weighted by Crippen LogP contribution is 2.32. The van der Waals surface area contributed by atoms with Gasteiger partial charge in [-0.1, -0.05) is 0 Å². The third kappa shape index (κ3) is 8.16. The molecule has 1 fully saturated rings. The van der Waals surface area contributed by atoms with Crippen molar-refractivity contribution >= 4 is 35.6 Å². The normalized spacial score (nSPS) is 15.6. The lowest BCUT2D eigenvalue weighted by molar-refractivity contribution is 0.123. The zero-order valence-corrected chi connectivity index (χ0v) is 21.0. The average Bonchev–Trinajstić information content (AvgIpc) is 3.54. The molecule has 0 radical (unpaired) electrons. The summed E-state index contributed by atoms with van der Waals surface area (Å²) in [6.07, 6.45) is 9.25. The lowest BCUT2D eigenvalue weighted by Gasteiger charge is -2.14. The Hall–Kier alpha value is -2.01. The highest BCUT2D eigenvalue weighted by molar-refractivity contribution is 14.0. The molecule has 2 N–H and O–H groups in total. The van der Waals surface area contributed by atoms with Crippen molar-refractivity contribution in [3.05, 3.63) is 36.2 Å². The minimum absolute atomic E-state index is 0. The van der Waals surface area contributed by atoms with Crippen molar-refractivity contribution in [1.82, 2.24) is 15.1 Å². The van der Waals surface area contributed by atoms with Crippen LogP contribution < -0.4 is 20.1 Å². The summed E-state index contributed by atoms with van der Waals surface area (Å²) in [6, 6.07) is 5.91. The van der Waals surface area contributed by atoms with E-state index in [4.69, 9.17) is 19.2 Å². The van der Waals surface area contributed by atoms with Crippen LogP contribution in [0.4, 0.5) is 5.69 Å². The fourth-order valence-electron chi connectivity index (χ4n) is 3.34. The Morgan fingerprint density at radius 2 is 2.09 bits per heavy atom. The summed E-state index contributed by atoms with van der Waals surface area (Å²) in [5.74, 6) is 3.11. The van der Waals surface area contributed by atoms with Crippen molar-refractivity contribution in [3.63, 3.8) is 0 Å². The van der Waals surface area contributed by atoms with Crippen LogP contribution in [0.25, 0.3) is 0 Å². The molecule has 1 aliphatic heterocycles. The number of fused-ring (bicyclic) bond motifs is 1. The van der Waals surface area contributed by atoms with Gasteiger partial charge in [0.25, 0.3) is 0 Å². The smallest absolute Gasteiger partial charge is 0.195 e. The summed E-state index contributed by atoms with van der Waals surface area (Å²) in [4.78, 5) is 4.74. The second kappa shape index (κ2) is 12.9. The van der Waals surface area contributed by atoms with Crippen molar-refractivity contribution in [3.8, 4) is 11.5 Å². The largest absolute Gasteiger partial charge is 0.490 e. The lowest BCUT2D eigenvalue weighted by Crippen LogP contribution is -2.32. The number of nitrogens with zero attached hydrogens (tertiary/aromatic N) is 3. The molecule has 4 rings (SSSR count). The predicted molar refractivity (Wildman–Crippen MR) is 136 cm³/mol. The molecule has 2 aromatic rings. The van der Waals surface area contributed by atoms with Crippen LogP contribution in [0.2, 0.25) is 0 Å². The molecule has 176 valence electrons. The number of nitrogens with one attached hydrogen (secondary N) is 2. The second-order valence-electron chi connectivity index (χ2n) is 8.14. The fourth-order valence-corrected chi connectivity index (χ4v) is 3.34. The number of guanidine groups is 1. The van der Waals surface area contributed by atoms with Crippen molar-refractivity contribution in [1.29, 1.82) is 0 Å². The van der Waals surface area contributed by atoms with Gasteiger partial charge in [-0.2, -0.15) is 5.10 Å². The van der Waals surface area contributed by atoms with Gasteiger partial charge in [-0.15, -0.1) is 24.0 Å². The minimum Gasteiger partial charge on any atom is -0.490 e. The summed E-state index contributed by atoms with van der Waals surface area (Å²) in [6.45, 7) is 4.48. The van der Waals surface area contributed by atoms with Gasteiger partial charge in [0.1, 0.15) is 0 Å². The highest BCUT2D eigenvalue weighted by atomic mass is 127. The molecule has 0 atom stereocenters. The van der Waals surface area contributed by atoms with Crippen molar-refractivity contribution in [2.75, 3.05) is 44.8 Å². The summed E-state index contributed by atoms with van der Waals surface area (Å²) < 4.78 is 19.1. The molecule has 1 saturated carbocycles. The zero-order valence-electron chi connectivity index (χ0n) is 18.7. The summed E-state index contributed by atoms with van der Waals surface area (Å²) in [7, 11) is 1.93. The Morgan fingerprint density at radius 3 is 2.88 bits per heavy atom. The molecule has 0 unspecified atom stereocenters. The molecule has 1 aliphatic carbocycles. The maximum atomic E-state index is 5.81. The first-order valence-electron chi connectivity index (χ1n) is 11.3. The van der Waals surface area contributed by atoms with Gasteiger partial charge in [0, 0.05) is 57.7 Å². The van der Waals surface area contributed by atoms with Crippen molar-refractivity contribution < 1.29 is 14.2 Å². The van der Waals surface area contributed by atoms with E-state index in [2.05, 4.69) is 15.7 Å². The number of aliphatic imine (C=N–C) groups is 1. The number of aryl methyl sites for hydroxylation is 1. The molecule has 1 aromatic carbocycles. The molecule has 2 heterocycles. The van der Waals surface area contributed by atoms with Crippen LogP contribution in [0, 0.1) is 5.92 Å². The topological polar surface area (TPSA) is 81.9 Å². The van der Waals surface area contributed by atoms with Crippen LogP contribution >= 0.6 is 24.0 Å². The minimum atomic E-state index is 0. The number of hydrogen-bond donors (Lipinski definition) is 2. The van der Waals surface area contributed by atoms with Crippen molar-refractivity contribution in [2.24, 2.45) is 18.0 Å². The van der Waals surface area contributed by atoms with E-state index >= 15 is 0 Å². The number of ether oxygens (including phenoxy) is 3. The molecule has 2 aliphatic rings. The Balaban J connectivity index is 0.00000289. The summed E-state index contributed by atoms with van der Waals surface area (Å²) in [5.41, 5.74) is 2.11. The molecule has 8 nitrogen and oxygen atoms in total. The van der Waals surface area contributed by atoms with E-state index in [0.29, 0.717) is 19.8 Å². The number of hydrogen-bond acceptors (Lipinski definition) is 5. The maximum absolute atomic E-state index is 5.81. The number of anilines is 1. The van der Waals surface area contributed by atoms with E-state index in [1.165, 1.54) is 18.4 Å². The maximum Gasteiger partial charge on any atom is 0.195 e. The highest BCUT2D eigenvalue weighted by Gasteiger charge is 2.20. The van der Waals surface area contributed by atoms with Gasteiger partial charge in [0.05, 0.1) is 19.4 Å². The Kier molecular flexibility index (Phi) is 9.91. The van der Waals surface area contributed by atoms with Gasteiger partial charge in [0.15, 0.2) is 17.5 Å². The van der Waals surface area contributed by atoms with E-state index in [9.17, 15) is 0 Å².